The Morgan fingerprint density at radius 2 is 2.06 bits per heavy atom. The lowest BCUT2D eigenvalue weighted by atomic mass is 10.1. The van der Waals surface area contributed by atoms with Crippen molar-refractivity contribution in [3.63, 3.8) is 0 Å². The van der Waals surface area contributed by atoms with Gasteiger partial charge in [0.1, 0.15) is 0 Å². The number of ether oxygens (including phenoxy) is 1. The summed E-state index contributed by atoms with van der Waals surface area (Å²) in [5.74, 6) is 3.38. The van der Waals surface area contributed by atoms with Gasteiger partial charge in [-0.25, -0.2) is 4.79 Å². The maximum absolute atomic E-state index is 12.4. The first-order valence-electron chi connectivity index (χ1n) is 4.31. The second kappa shape index (κ2) is 5.11. The summed E-state index contributed by atoms with van der Waals surface area (Å²) in [6.45, 7) is 0. The molecule has 0 aliphatic heterocycles. The summed E-state index contributed by atoms with van der Waals surface area (Å²) < 4.78 is 41.4. The van der Waals surface area contributed by atoms with Gasteiger partial charge >= 0.3 is 12.1 Å². The maximum Gasteiger partial charge on any atom is 0.416 e. The minimum Gasteiger partial charge on any atom is -0.459 e. The van der Waals surface area contributed by atoms with E-state index in [2.05, 4.69) is 10.7 Å². The third-order valence-corrected chi connectivity index (χ3v) is 2.11. The molecule has 0 aliphatic carbocycles. The average molecular weight is 263 g/mol. The summed E-state index contributed by atoms with van der Waals surface area (Å²) >= 11 is 5.65. The molecule has 0 fully saturated rings. The largest absolute Gasteiger partial charge is 0.459 e. The van der Waals surface area contributed by atoms with Crippen molar-refractivity contribution in [2.45, 2.75) is 6.18 Å². The topological polar surface area (TPSA) is 26.3 Å². The van der Waals surface area contributed by atoms with E-state index in [9.17, 15) is 18.0 Å². The van der Waals surface area contributed by atoms with Crippen molar-refractivity contribution in [2.24, 2.45) is 0 Å². The van der Waals surface area contributed by atoms with Crippen LogP contribution in [0.5, 0.6) is 0 Å². The molecule has 0 aliphatic rings. The van der Waals surface area contributed by atoms with Crippen molar-refractivity contribution >= 4 is 17.6 Å². The first kappa shape index (κ1) is 13.4. The van der Waals surface area contributed by atoms with Gasteiger partial charge in [0.2, 0.25) is 0 Å². The van der Waals surface area contributed by atoms with Gasteiger partial charge in [0.05, 0.1) is 17.7 Å². The van der Waals surface area contributed by atoms with E-state index < -0.39 is 17.7 Å². The third kappa shape index (κ3) is 3.68. The van der Waals surface area contributed by atoms with Crippen LogP contribution in [0.3, 0.4) is 0 Å². The fourth-order valence-electron chi connectivity index (χ4n) is 0.967. The van der Waals surface area contributed by atoms with E-state index in [1.165, 1.54) is 0 Å². The number of methoxy groups -OCH3 is 1. The Kier molecular flexibility index (Phi) is 4.02. The number of hydrogen-bond donors (Lipinski definition) is 0. The van der Waals surface area contributed by atoms with Crippen LogP contribution >= 0.6 is 11.6 Å². The summed E-state index contributed by atoms with van der Waals surface area (Å²) in [4.78, 5) is 10.7. The molecule has 0 bridgehead atoms. The molecule has 0 spiro atoms. The molecular weight excluding hydrogens is 257 g/mol. The average Bonchev–Trinajstić information content (AvgIpc) is 2.26. The van der Waals surface area contributed by atoms with Gasteiger partial charge in [-0.2, -0.15) is 13.2 Å². The first-order chi connectivity index (χ1) is 7.84. The number of carbonyl (C=O) groups is 1. The number of carbonyl (C=O) groups excluding carboxylic acids is 1. The molecular formula is C11H6ClF3O2. The third-order valence-electron chi connectivity index (χ3n) is 1.78. The van der Waals surface area contributed by atoms with Crippen LogP contribution < -0.4 is 0 Å². The summed E-state index contributed by atoms with van der Waals surface area (Å²) in [7, 11) is 1.12. The van der Waals surface area contributed by atoms with E-state index in [4.69, 9.17) is 11.6 Å². The Balaban J connectivity index is 3.15. The zero-order valence-electron chi connectivity index (χ0n) is 8.56. The predicted octanol–water partition coefficient (Wildman–Crippen LogP) is 2.88. The number of alkyl halides is 3. The zero-order valence-corrected chi connectivity index (χ0v) is 9.32. The van der Waals surface area contributed by atoms with Gasteiger partial charge in [0.15, 0.2) is 0 Å². The van der Waals surface area contributed by atoms with Gasteiger partial charge in [-0.3, -0.25) is 0 Å². The van der Waals surface area contributed by atoms with E-state index >= 15 is 0 Å². The van der Waals surface area contributed by atoms with Crippen LogP contribution in [0.2, 0.25) is 5.02 Å². The van der Waals surface area contributed by atoms with Gasteiger partial charge < -0.3 is 4.74 Å². The standard InChI is InChI=1S/C11H6ClF3O2/c1-17-10(16)5-2-7-6-8(11(13,14)15)3-4-9(7)12/h3-4,6H,1H3. The summed E-state index contributed by atoms with van der Waals surface area (Å²) in [6.07, 6.45) is -4.48. The van der Waals surface area contributed by atoms with Crippen LogP contribution in [0.4, 0.5) is 13.2 Å². The van der Waals surface area contributed by atoms with Crippen LogP contribution in [0.15, 0.2) is 18.2 Å². The molecule has 0 unspecified atom stereocenters. The van der Waals surface area contributed by atoms with Crippen LogP contribution in [0.25, 0.3) is 0 Å². The molecule has 0 amide bonds. The quantitative estimate of drug-likeness (QED) is 0.531. The van der Waals surface area contributed by atoms with Crippen molar-refractivity contribution in [3.05, 3.63) is 34.3 Å². The zero-order chi connectivity index (χ0) is 13.1. The molecule has 90 valence electrons. The molecule has 1 aromatic carbocycles. The van der Waals surface area contributed by atoms with Crippen molar-refractivity contribution in [1.82, 2.24) is 0 Å². The molecule has 0 saturated carbocycles. The lowest BCUT2D eigenvalue weighted by Crippen LogP contribution is -2.05. The lowest BCUT2D eigenvalue weighted by Gasteiger charge is -2.07. The van der Waals surface area contributed by atoms with E-state index in [1.54, 1.807) is 0 Å². The summed E-state index contributed by atoms with van der Waals surface area (Å²) in [5.41, 5.74) is -0.956. The van der Waals surface area contributed by atoms with E-state index in [0.29, 0.717) is 0 Å². The van der Waals surface area contributed by atoms with Gasteiger partial charge in [-0.15, -0.1) is 0 Å². The maximum atomic E-state index is 12.4. The second-order valence-electron chi connectivity index (χ2n) is 2.93. The van der Waals surface area contributed by atoms with Crippen LogP contribution in [0, 0.1) is 11.8 Å². The number of esters is 1. The van der Waals surface area contributed by atoms with E-state index in [0.717, 1.165) is 25.3 Å². The Morgan fingerprint density at radius 3 is 2.59 bits per heavy atom. The van der Waals surface area contributed by atoms with Crippen LogP contribution in [-0.4, -0.2) is 13.1 Å². The molecule has 0 atom stereocenters. The van der Waals surface area contributed by atoms with Crippen LogP contribution in [0.1, 0.15) is 11.1 Å². The normalized spacial score (nSPS) is 10.4. The summed E-state index contributed by atoms with van der Waals surface area (Å²) in [5, 5.41) is 0.0365. The molecule has 0 radical (unpaired) electrons. The number of benzene rings is 1. The molecule has 1 aromatic rings. The molecule has 2 nitrogen and oxygen atoms in total. The van der Waals surface area contributed by atoms with Crippen molar-refractivity contribution in [3.8, 4) is 11.8 Å². The monoisotopic (exact) mass is 262 g/mol. The molecule has 0 heterocycles. The van der Waals surface area contributed by atoms with Gasteiger partial charge in [-0.1, -0.05) is 17.5 Å². The SMILES string of the molecule is COC(=O)C#Cc1cc(C(F)(F)F)ccc1Cl. The number of halogens is 4. The minimum absolute atomic E-state index is 0.0365. The highest BCUT2D eigenvalue weighted by Crippen LogP contribution is 2.31. The fraction of sp³-hybridized carbons (Fsp3) is 0.182. The molecule has 0 N–H and O–H groups in total. The highest BCUT2D eigenvalue weighted by Gasteiger charge is 2.30. The second-order valence-corrected chi connectivity index (χ2v) is 3.34. The van der Waals surface area contributed by atoms with Gasteiger partial charge in [0.25, 0.3) is 0 Å². The Hall–Kier alpha value is -1.67. The van der Waals surface area contributed by atoms with Gasteiger partial charge in [0, 0.05) is 11.5 Å². The Morgan fingerprint density at radius 1 is 1.41 bits per heavy atom. The molecule has 0 saturated heterocycles. The smallest absolute Gasteiger partial charge is 0.416 e. The van der Waals surface area contributed by atoms with E-state index in [1.807, 2.05) is 5.92 Å². The first-order valence-corrected chi connectivity index (χ1v) is 4.69. The Bertz CT molecular complexity index is 498. The molecule has 0 aromatic heterocycles. The lowest BCUT2D eigenvalue weighted by molar-refractivity contribution is -0.137. The highest BCUT2D eigenvalue weighted by atomic mass is 35.5. The Labute approximate surface area is 100 Å². The van der Waals surface area contributed by atoms with Crippen molar-refractivity contribution in [1.29, 1.82) is 0 Å². The number of rotatable bonds is 0. The molecule has 6 heteroatoms. The van der Waals surface area contributed by atoms with Crippen molar-refractivity contribution < 1.29 is 22.7 Å². The summed E-state index contributed by atoms with van der Waals surface area (Å²) in [6, 6.07) is 2.69. The number of hydrogen-bond acceptors (Lipinski definition) is 2. The minimum atomic E-state index is -4.48. The predicted molar refractivity (Wildman–Crippen MR) is 55.3 cm³/mol. The van der Waals surface area contributed by atoms with Gasteiger partial charge in [-0.05, 0) is 18.2 Å². The van der Waals surface area contributed by atoms with E-state index in [-0.39, 0.29) is 10.6 Å². The van der Waals surface area contributed by atoms with Crippen molar-refractivity contribution in [2.75, 3.05) is 7.11 Å². The fourth-order valence-corrected chi connectivity index (χ4v) is 1.13. The van der Waals surface area contributed by atoms with Crippen LogP contribution in [-0.2, 0) is 15.7 Å². The highest BCUT2D eigenvalue weighted by molar-refractivity contribution is 6.31. The molecule has 1 rings (SSSR count). The molecule has 17 heavy (non-hydrogen) atoms.